The Balaban J connectivity index is 2.52. The summed E-state index contributed by atoms with van der Waals surface area (Å²) in [5.41, 5.74) is 4.36. The fourth-order valence-corrected chi connectivity index (χ4v) is 1.24. The molecule has 0 fully saturated rings. The van der Waals surface area contributed by atoms with Crippen LogP contribution in [-0.4, -0.2) is 13.3 Å². The fraction of sp³-hybridized carbons (Fsp3) is 0.300. The Morgan fingerprint density at radius 2 is 2.14 bits per heavy atom. The molecule has 0 radical (unpaired) electrons. The Morgan fingerprint density at radius 1 is 1.43 bits per heavy atom. The van der Waals surface area contributed by atoms with Gasteiger partial charge in [0.1, 0.15) is 0 Å². The van der Waals surface area contributed by atoms with Gasteiger partial charge < -0.3 is 4.53 Å². The summed E-state index contributed by atoms with van der Waals surface area (Å²) < 4.78 is 5.49. The SMILES string of the molecule is C=C(NO[Si](C)(C)C)c1ccccn1. The van der Waals surface area contributed by atoms with E-state index in [4.69, 9.17) is 4.53 Å². The van der Waals surface area contributed by atoms with E-state index < -0.39 is 8.32 Å². The molecular weight excluding hydrogens is 192 g/mol. The Labute approximate surface area is 85.9 Å². The molecule has 14 heavy (non-hydrogen) atoms. The van der Waals surface area contributed by atoms with Crippen LogP contribution in [0.25, 0.3) is 5.70 Å². The van der Waals surface area contributed by atoms with Crippen molar-refractivity contribution in [2.75, 3.05) is 0 Å². The van der Waals surface area contributed by atoms with Crippen LogP contribution in [0.5, 0.6) is 0 Å². The van der Waals surface area contributed by atoms with Crippen molar-refractivity contribution in [1.29, 1.82) is 0 Å². The Hall–Kier alpha value is -1.13. The molecule has 0 atom stereocenters. The molecule has 0 bridgehead atoms. The summed E-state index contributed by atoms with van der Waals surface area (Å²) in [6, 6.07) is 5.68. The number of hydroxylamine groups is 1. The Bertz CT molecular complexity index is 306. The molecule has 3 nitrogen and oxygen atoms in total. The van der Waals surface area contributed by atoms with Crippen molar-refractivity contribution in [2.45, 2.75) is 19.6 Å². The highest BCUT2D eigenvalue weighted by Crippen LogP contribution is 2.07. The maximum atomic E-state index is 5.49. The molecule has 0 aliphatic rings. The summed E-state index contributed by atoms with van der Waals surface area (Å²) in [5.74, 6) is 0. The first-order valence-electron chi connectivity index (χ1n) is 4.53. The third kappa shape index (κ3) is 3.72. The molecule has 4 heteroatoms. The van der Waals surface area contributed by atoms with E-state index in [1.807, 2.05) is 18.2 Å². The van der Waals surface area contributed by atoms with Crippen molar-refractivity contribution in [3.8, 4) is 0 Å². The summed E-state index contributed by atoms with van der Waals surface area (Å²) in [6.07, 6.45) is 1.73. The van der Waals surface area contributed by atoms with Gasteiger partial charge in [-0.2, -0.15) is 0 Å². The molecule has 0 aromatic carbocycles. The van der Waals surface area contributed by atoms with Crippen molar-refractivity contribution < 1.29 is 4.53 Å². The van der Waals surface area contributed by atoms with Gasteiger partial charge in [-0.25, -0.2) is 0 Å². The van der Waals surface area contributed by atoms with Crippen LogP contribution in [0.2, 0.25) is 19.6 Å². The topological polar surface area (TPSA) is 34.1 Å². The first kappa shape index (κ1) is 10.9. The normalized spacial score (nSPS) is 11.1. The monoisotopic (exact) mass is 208 g/mol. The second-order valence-electron chi connectivity index (χ2n) is 4.01. The van der Waals surface area contributed by atoms with Crippen LogP contribution in [0.3, 0.4) is 0 Å². The minimum absolute atomic E-state index is 0.702. The number of pyridine rings is 1. The summed E-state index contributed by atoms with van der Waals surface area (Å²) in [7, 11) is -1.55. The highest BCUT2D eigenvalue weighted by Gasteiger charge is 2.15. The quantitative estimate of drug-likeness (QED) is 0.609. The van der Waals surface area contributed by atoms with Gasteiger partial charge in [-0.05, 0) is 31.8 Å². The van der Waals surface area contributed by atoms with Gasteiger partial charge >= 0.3 is 0 Å². The highest BCUT2D eigenvalue weighted by atomic mass is 28.4. The molecule has 0 amide bonds. The maximum absolute atomic E-state index is 5.49. The molecule has 1 aromatic heterocycles. The molecule has 0 aliphatic heterocycles. The molecule has 0 aliphatic carbocycles. The van der Waals surface area contributed by atoms with Crippen LogP contribution in [-0.2, 0) is 4.53 Å². The van der Waals surface area contributed by atoms with Crippen LogP contribution in [0.15, 0.2) is 31.0 Å². The lowest BCUT2D eigenvalue weighted by molar-refractivity contribution is 0.245. The van der Waals surface area contributed by atoms with Gasteiger partial charge in [0.2, 0.25) is 8.32 Å². The zero-order valence-electron chi connectivity index (χ0n) is 8.87. The molecule has 1 aromatic rings. The molecule has 0 unspecified atom stereocenters. The van der Waals surface area contributed by atoms with Crippen molar-refractivity contribution in [3.63, 3.8) is 0 Å². The highest BCUT2D eigenvalue weighted by molar-refractivity contribution is 6.69. The van der Waals surface area contributed by atoms with E-state index >= 15 is 0 Å². The van der Waals surface area contributed by atoms with Gasteiger partial charge in [0.05, 0.1) is 11.4 Å². The lowest BCUT2D eigenvalue weighted by atomic mass is 10.3. The van der Waals surface area contributed by atoms with Crippen LogP contribution in [0, 0.1) is 0 Å². The zero-order valence-corrected chi connectivity index (χ0v) is 9.87. The summed E-state index contributed by atoms with van der Waals surface area (Å²) in [6.45, 7) is 10.2. The molecule has 1 rings (SSSR count). The van der Waals surface area contributed by atoms with E-state index in [0.717, 1.165) is 5.69 Å². The lowest BCUT2D eigenvalue weighted by Crippen LogP contribution is -2.32. The number of nitrogens with one attached hydrogen (secondary N) is 1. The number of aromatic nitrogens is 1. The lowest BCUT2D eigenvalue weighted by Gasteiger charge is -2.18. The summed E-state index contributed by atoms with van der Waals surface area (Å²) in [5, 5.41) is 0. The van der Waals surface area contributed by atoms with Crippen LogP contribution in [0.4, 0.5) is 0 Å². The number of hydrogen-bond acceptors (Lipinski definition) is 3. The third-order valence-electron chi connectivity index (χ3n) is 1.45. The molecular formula is C10H16N2OSi. The summed E-state index contributed by atoms with van der Waals surface area (Å²) in [4.78, 5) is 4.15. The van der Waals surface area contributed by atoms with Gasteiger partial charge in [0.25, 0.3) is 0 Å². The van der Waals surface area contributed by atoms with Gasteiger partial charge in [0, 0.05) is 6.20 Å². The summed E-state index contributed by atoms with van der Waals surface area (Å²) >= 11 is 0. The number of rotatable bonds is 4. The number of nitrogens with zero attached hydrogens (tertiary/aromatic N) is 1. The van der Waals surface area contributed by atoms with Gasteiger partial charge in [-0.3, -0.25) is 10.5 Å². The minimum atomic E-state index is -1.55. The molecule has 1 heterocycles. The predicted molar refractivity (Wildman–Crippen MR) is 60.8 cm³/mol. The van der Waals surface area contributed by atoms with E-state index in [1.54, 1.807) is 6.20 Å². The largest absolute Gasteiger partial charge is 0.323 e. The van der Waals surface area contributed by atoms with E-state index in [0.29, 0.717) is 5.70 Å². The zero-order chi connectivity index (χ0) is 10.6. The maximum Gasteiger partial charge on any atom is 0.220 e. The first-order chi connectivity index (χ1) is 6.49. The van der Waals surface area contributed by atoms with Crippen molar-refractivity contribution >= 4 is 14.0 Å². The Kier molecular flexibility index (Phi) is 3.43. The van der Waals surface area contributed by atoms with E-state index in [2.05, 4.69) is 36.7 Å². The van der Waals surface area contributed by atoms with Gasteiger partial charge in [0.15, 0.2) is 0 Å². The fourth-order valence-electron chi connectivity index (χ4n) is 0.808. The molecule has 0 spiro atoms. The predicted octanol–water partition coefficient (Wildman–Crippen LogP) is 2.41. The molecule has 1 N–H and O–H groups in total. The van der Waals surface area contributed by atoms with Crippen molar-refractivity contribution in [1.82, 2.24) is 10.5 Å². The molecule has 0 saturated heterocycles. The van der Waals surface area contributed by atoms with Crippen molar-refractivity contribution in [2.24, 2.45) is 0 Å². The third-order valence-corrected chi connectivity index (χ3v) is 2.17. The Morgan fingerprint density at radius 3 is 2.64 bits per heavy atom. The average molecular weight is 208 g/mol. The smallest absolute Gasteiger partial charge is 0.220 e. The van der Waals surface area contributed by atoms with Gasteiger partial charge in [-0.1, -0.05) is 12.6 Å². The van der Waals surface area contributed by atoms with E-state index in [1.165, 1.54) is 0 Å². The second kappa shape index (κ2) is 4.39. The first-order valence-corrected chi connectivity index (χ1v) is 7.94. The number of hydrogen-bond donors (Lipinski definition) is 1. The standard InChI is InChI=1S/C10H16N2OSi/c1-9(12-13-14(2,3)4)10-7-5-6-8-11-10/h5-8,12H,1H2,2-4H3. The van der Waals surface area contributed by atoms with E-state index in [-0.39, 0.29) is 0 Å². The second-order valence-corrected chi connectivity index (χ2v) is 8.44. The van der Waals surface area contributed by atoms with Crippen molar-refractivity contribution in [3.05, 3.63) is 36.7 Å². The van der Waals surface area contributed by atoms with Gasteiger partial charge in [-0.15, -0.1) is 0 Å². The van der Waals surface area contributed by atoms with Crippen LogP contribution >= 0.6 is 0 Å². The van der Waals surface area contributed by atoms with Crippen LogP contribution in [0.1, 0.15) is 5.69 Å². The molecule has 0 saturated carbocycles. The molecule has 76 valence electrons. The van der Waals surface area contributed by atoms with Crippen LogP contribution < -0.4 is 5.48 Å². The average Bonchev–Trinajstić information content (AvgIpc) is 2.14. The van der Waals surface area contributed by atoms with E-state index in [9.17, 15) is 0 Å². The minimum Gasteiger partial charge on any atom is -0.323 e.